The van der Waals surface area contributed by atoms with Gasteiger partial charge in [-0.2, -0.15) is 0 Å². The van der Waals surface area contributed by atoms with Gasteiger partial charge in [0.1, 0.15) is 5.84 Å². The van der Waals surface area contributed by atoms with Gasteiger partial charge in [-0.05, 0) is 40.2 Å². The van der Waals surface area contributed by atoms with Crippen molar-refractivity contribution in [1.82, 2.24) is 9.80 Å². The van der Waals surface area contributed by atoms with Crippen molar-refractivity contribution in [3.05, 3.63) is 0 Å². The first kappa shape index (κ1) is 12.4. The average molecular weight is 186 g/mol. The molecule has 0 radical (unpaired) electrons. The molecule has 4 nitrogen and oxygen atoms in total. The third-order valence-corrected chi connectivity index (χ3v) is 1.92. The van der Waals surface area contributed by atoms with E-state index < -0.39 is 0 Å². The predicted octanol–water partition coefficient (Wildman–Crippen LogP) is 0.196. The molecule has 13 heavy (non-hydrogen) atoms. The molecule has 0 spiro atoms. The van der Waals surface area contributed by atoms with E-state index in [0.717, 1.165) is 26.1 Å². The number of hydrogen-bond acceptors (Lipinski definition) is 3. The van der Waals surface area contributed by atoms with Crippen LogP contribution in [0, 0.1) is 5.41 Å². The molecule has 0 aromatic heterocycles. The van der Waals surface area contributed by atoms with Crippen LogP contribution in [0.4, 0.5) is 0 Å². The second-order valence-corrected chi connectivity index (χ2v) is 3.55. The van der Waals surface area contributed by atoms with Crippen LogP contribution < -0.4 is 5.73 Å². The molecule has 0 atom stereocenters. The molecule has 0 saturated carbocycles. The number of nitrogens with zero attached hydrogens (tertiary/aromatic N) is 2. The van der Waals surface area contributed by atoms with Gasteiger partial charge in [0, 0.05) is 0 Å². The summed E-state index contributed by atoms with van der Waals surface area (Å²) in [4.78, 5) is 4.35. The van der Waals surface area contributed by atoms with Crippen LogP contribution in [0.3, 0.4) is 0 Å². The van der Waals surface area contributed by atoms with Gasteiger partial charge < -0.3 is 10.6 Å². The molecule has 0 heterocycles. The lowest BCUT2D eigenvalue weighted by molar-refractivity contribution is 0.295. The normalized spacial score (nSPS) is 11.2. The molecule has 0 aliphatic carbocycles. The van der Waals surface area contributed by atoms with Crippen LogP contribution in [0.25, 0.3) is 0 Å². The predicted molar refractivity (Wildman–Crippen MR) is 57.2 cm³/mol. The standard InChI is InChI=1S/C9H22N4/c1-4-13(8-9(10)11)7-5-6-12(2)3/h4-8H2,1-3H3,(H3,10,11). The molecule has 78 valence electrons. The van der Waals surface area contributed by atoms with E-state index in [0.29, 0.717) is 6.54 Å². The fraction of sp³-hybridized carbons (Fsp3) is 0.889. The van der Waals surface area contributed by atoms with E-state index in [4.69, 9.17) is 11.1 Å². The zero-order valence-corrected chi connectivity index (χ0v) is 9.01. The zero-order valence-electron chi connectivity index (χ0n) is 9.01. The van der Waals surface area contributed by atoms with E-state index in [2.05, 4.69) is 30.8 Å². The minimum absolute atomic E-state index is 0.256. The van der Waals surface area contributed by atoms with Gasteiger partial charge in [0.25, 0.3) is 0 Å². The molecule has 3 N–H and O–H groups in total. The Morgan fingerprint density at radius 2 is 1.92 bits per heavy atom. The molecule has 0 saturated heterocycles. The molecular weight excluding hydrogens is 164 g/mol. The van der Waals surface area contributed by atoms with E-state index >= 15 is 0 Å². The zero-order chi connectivity index (χ0) is 10.3. The Morgan fingerprint density at radius 1 is 1.31 bits per heavy atom. The second kappa shape index (κ2) is 6.86. The van der Waals surface area contributed by atoms with E-state index in [9.17, 15) is 0 Å². The minimum atomic E-state index is 0.256. The summed E-state index contributed by atoms with van der Waals surface area (Å²) in [5, 5.41) is 7.17. The molecular formula is C9H22N4. The number of nitrogens with two attached hydrogens (primary N) is 1. The van der Waals surface area contributed by atoms with Crippen molar-refractivity contribution in [1.29, 1.82) is 5.41 Å². The topological polar surface area (TPSA) is 56.4 Å². The summed E-state index contributed by atoms with van der Waals surface area (Å²) in [5.74, 6) is 0.256. The minimum Gasteiger partial charge on any atom is -0.387 e. The number of amidine groups is 1. The lowest BCUT2D eigenvalue weighted by Crippen LogP contribution is -2.34. The van der Waals surface area contributed by atoms with Crippen LogP contribution >= 0.6 is 0 Å². The third kappa shape index (κ3) is 7.74. The van der Waals surface area contributed by atoms with Crippen LogP contribution in [-0.2, 0) is 0 Å². The highest BCUT2D eigenvalue weighted by atomic mass is 15.1. The Balaban J connectivity index is 3.53. The first-order chi connectivity index (χ1) is 6.06. The van der Waals surface area contributed by atoms with Crippen LogP contribution in [-0.4, -0.2) is 55.9 Å². The van der Waals surface area contributed by atoms with Crippen molar-refractivity contribution in [3.8, 4) is 0 Å². The molecule has 0 bridgehead atoms. The fourth-order valence-electron chi connectivity index (χ4n) is 1.20. The van der Waals surface area contributed by atoms with Crippen molar-refractivity contribution in [2.45, 2.75) is 13.3 Å². The smallest absolute Gasteiger partial charge is 0.105 e. The SMILES string of the molecule is CCN(CCCN(C)C)CC(=N)N. The largest absolute Gasteiger partial charge is 0.387 e. The van der Waals surface area contributed by atoms with E-state index in [1.165, 1.54) is 0 Å². The van der Waals surface area contributed by atoms with Gasteiger partial charge in [0.2, 0.25) is 0 Å². The third-order valence-electron chi connectivity index (χ3n) is 1.92. The maximum atomic E-state index is 7.17. The van der Waals surface area contributed by atoms with Crippen LogP contribution in [0.2, 0.25) is 0 Å². The Labute approximate surface area is 81.2 Å². The maximum Gasteiger partial charge on any atom is 0.105 e. The highest BCUT2D eigenvalue weighted by Gasteiger charge is 2.02. The van der Waals surface area contributed by atoms with Gasteiger partial charge in [0.15, 0.2) is 0 Å². The highest BCUT2D eigenvalue weighted by molar-refractivity contribution is 5.78. The average Bonchev–Trinajstić information content (AvgIpc) is 2.01. The summed E-state index contributed by atoms with van der Waals surface area (Å²) in [6.45, 7) is 5.78. The molecule has 0 fully saturated rings. The van der Waals surface area contributed by atoms with Gasteiger partial charge in [-0.1, -0.05) is 6.92 Å². The van der Waals surface area contributed by atoms with Crippen molar-refractivity contribution >= 4 is 5.84 Å². The summed E-state index contributed by atoms with van der Waals surface area (Å²) < 4.78 is 0. The van der Waals surface area contributed by atoms with Gasteiger partial charge in [-0.15, -0.1) is 0 Å². The Hall–Kier alpha value is -0.610. The summed E-state index contributed by atoms with van der Waals surface area (Å²) in [5.41, 5.74) is 5.33. The van der Waals surface area contributed by atoms with Crippen LogP contribution in [0.5, 0.6) is 0 Å². The van der Waals surface area contributed by atoms with Crippen LogP contribution in [0.1, 0.15) is 13.3 Å². The van der Waals surface area contributed by atoms with Crippen LogP contribution in [0.15, 0.2) is 0 Å². The fourth-order valence-corrected chi connectivity index (χ4v) is 1.20. The number of nitrogens with one attached hydrogen (secondary N) is 1. The van der Waals surface area contributed by atoms with Crippen molar-refractivity contribution in [3.63, 3.8) is 0 Å². The summed E-state index contributed by atoms with van der Waals surface area (Å²) >= 11 is 0. The van der Waals surface area contributed by atoms with Crippen molar-refractivity contribution in [2.24, 2.45) is 5.73 Å². The number of likely N-dealkylation sites (N-methyl/N-ethyl adjacent to an activating group) is 1. The summed E-state index contributed by atoms with van der Waals surface area (Å²) in [7, 11) is 4.14. The second-order valence-electron chi connectivity index (χ2n) is 3.55. The Kier molecular flexibility index (Phi) is 6.54. The number of hydrogen-bond donors (Lipinski definition) is 2. The first-order valence-electron chi connectivity index (χ1n) is 4.76. The van der Waals surface area contributed by atoms with Gasteiger partial charge in [0.05, 0.1) is 6.54 Å². The Bertz CT molecular complexity index is 145. The summed E-state index contributed by atoms with van der Waals surface area (Å²) in [6, 6.07) is 0. The van der Waals surface area contributed by atoms with Gasteiger partial charge in [-0.3, -0.25) is 10.3 Å². The first-order valence-corrected chi connectivity index (χ1v) is 4.76. The van der Waals surface area contributed by atoms with Crippen molar-refractivity contribution in [2.75, 3.05) is 40.3 Å². The molecule has 0 aromatic carbocycles. The van der Waals surface area contributed by atoms with E-state index in [-0.39, 0.29) is 5.84 Å². The Morgan fingerprint density at radius 3 is 2.31 bits per heavy atom. The van der Waals surface area contributed by atoms with E-state index in [1.807, 2.05) is 0 Å². The molecule has 0 unspecified atom stereocenters. The molecule has 0 rings (SSSR count). The lowest BCUT2D eigenvalue weighted by Gasteiger charge is -2.20. The summed E-state index contributed by atoms with van der Waals surface area (Å²) in [6.07, 6.45) is 1.13. The molecule has 0 aliphatic heterocycles. The molecule has 0 aromatic rings. The van der Waals surface area contributed by atoms with Gasteiger partial charge >= 0.3 is 0 Å². The van der Waals surface area contributed by atoms with E-state index in [1.54, 1.807) is 0 Å². The quantitative estimate of drug-likeness (QED) is 0.441. The monoisotopic (exact) mass is 186 g/mol. The maximum absolute atomic E-state index is 7.17. The van der Waals surface area contributed by atoms with Gasteiger partial charge in [-0.25, -0.2) is 0 Å². The molecule has 0 amide bonds. The number of rotatable bonds is 7. The molecule has 0 aliphatic rings. The molecule has 4 heteroatoms. The highest BCUT2D eigenvalue weighted by Crippen LogP contribution is 1.91. The lowest BCUT2D eigenvalue weighted by atomic mass is 10.3. The van der Waals surface area contributed by atoms with Crippen molar-refractivity contribution < 1.29 is 0 Å².